The van der Waals surface area contributed by atoms with Crippen molar-refractivity contribution < 1.29 is 5.11 Å². The van der Waals surface area contributed by atoms with E-state index in [0.29, 0.717) is 11.6 Å². The quantitative estimate of drug-likeness (QED) is 0.150. The van der Waals surface area contributed by atoms with Gasteiger partial charge in [-0.15, -0.1) is 0 Å². The Balaban J connectivity index is 2.32. The predicted octanol–water partition coefficient (Wildman–Crippen LogP) is 10.7. The molecule has 220 valence electrons. The van der Waals surface area contributed by atoms with Crippen molar-refractivity contribution in [3.8, 4) is 17.1 Å². The zero-order valence-corrected chi connectivity index (χ0v) is 27.8. The van der Waals surface area contributed by atoms with Crippen LogP contribution in [0.4, 0.5) is 0 Å². The minimum atomic E-state index is -0.259. The average Bonchev–Trinajstić information content (AvgIpc) is 2.86. The Labute approximate surface area is 248 Å². The van der Waals surface area contributed by atoms with E-state index in [1.54, 1.807) is 23.5 Å². The van der Waals surface area contributed by atoms with Crippen molar-refractivity contribution in [3.05, 3.63) is 23.3 Å². The molecule has 0 amide bonds. The molecular weight excluding hydrogens is 519 g/mol. The molecule has 0 radical (unpaired) electrons. The average molecular weight is 574 g/mol. The van der Waals surface area contributed by atoms with Gasteiger partial charge in [0.05, 0.1) is 0 Å². The number of phenolic OH excluding ortho intramolecular Hbond substituents is 1. The third-order valence-corrected chi connectivity index (χ3v) is 8.90. The van der Waals surface area contributed by atoms with Crippen LogP contribution in [0.3, 0.4) is 0 Å². The maximum Gasteiger partial charge on any atom is 0.192 e. The lowest BCUT2D eigenvalue weighted by Crippen LogP contribution is -2.18. The van der Waals surface area contributed by atoms with Crippen molar-refractivity contribution in [2.45, 2.75) is 154 Å². The molecule has 0 saturated heterocycles. The van der Waals surface area contributed by atoms with Gasteiger partial charge in [0, 0.05) is 22.6 Å². The van der Waals surface area contributed by atoms with Crippen LogP contribution < -0.4 is 0 Å². The van der Waals surface area contributed by atoms with Crippen molar-refractivity contribution in [3.63, 3.8) is 0 Å². The van der Waals surface area contributed by atoms with Gasteiger partial charge in [-0.3, -0.25) is 0 Å². The fourth-order valence-corrected chi connectivity index (χ4v) is 6.55. The molecule has 2 rings (SSSR count). The molecule has 1 aromatic heterocycles. The third-order valence-electron chi connectivity index (χ3n) is 7.03. The Morgan fingerprint density at radius 2 is 1.08 bits per heavy atom. The topological polar surface area (TPSA) is 58.9 Å². The van der Waals surface area contributed by atoms with Gasteiger partial charge in [0.2, 0.25) is 0 Å². The molecule has 0 fully saturated rings. The monoisotopic (exact) mass is 573 g/mol. The molecule has 1 N–H and O–H groups in total. The molecule has 0 atom stereocenters. The fraction of sp³-hybridized carbons (Fsp3) is 0.727. The molecule has 0 saturated carbocycles. The van der Waals surface area contributed by atoms with E-state index >= 15 is 0 Å². The second kappa shape index (κ2) is 16.9. The van der Waals surface area contributed by atoms with Crippen molar-refractivity contribution >= 4 is 23.5 Å². The van der Waals surface area contributed by atoms with E-state index in [9.17, 15) is 5.11 Å². The zero-order valence-electron chi connectivity index (χ0n) is 26.2. The number of rotatable bonds is 17. The van der Waals surface area contributed by atoms with Gasteiger partial charge in [0.25, 0.3) is 0 Å². The van der Waals surface area contributed by atoms with Crippen LogP contribution in [0.2, 0.25) is 0 Å². The molecule has 2 aromatic rings. The Bertz CT molecular complexity index is 959. The zero-order chi connectivity index (χ0) is 28.9. The molecular formula is C33H55N3OS2. The maximum atomic E-state index is 11.5. The molecule has 6 heteroatoms. The molecule has 4 nitrogen and oxygen atoms in total. The Kier molecular flexibility index (Phi) is 14.7. The first kappa shape index (κ1) is 33.9. The smallest absolute Gasteiger partial charge is 0.192 e. The van der Waals surface area contributed by atoms with E-state index in [4.69, 9.17) is 15.0 Å². The highest BCUT2D eigenvalue weighted by Crippen LogP contribution is 2.44. The SMILES string of the molecule is CCCCCCCCSc1nc(SCCCCCCCC)nc(-c2ccc(C(C)(C)C)c(O)c2C(C)(C)C)n1. The van der Waals surface area contributed by atoms with Gasteiger partial charge in [-0.05, 0) is 29.2 Å². The van der Waals surface area contributed by atoms with E-state index in [1.165, 1.54) is 77.0 Å². The number of benzene rings is 1. The van der Waals surface area contributed by atoms with Crippen molar-refractivity contribution in [2.24, 2.45) is 0 Å². The Hall–Kier alpha value is -1.27. The fourth-order valence-electron chi connectivity index (χ4n) is 4.82. The van der Waals surface area contributed by atoms with E-state index in [2.05, 4.69) is 67.5 Å². The number of phenols is 1. The summed E-state index contributed by atoms with van der Waals surface area (Å²) in [5.74, 6) is 3.10. The lowest BCUT2D eigenvalue weighted by atomic mass is 9.77. The number of aromatic hydroxyl groups is 1. The first-order valence-corrected chi connectivity index (χ1v) is 17.3. The molecule has 0 aliphatic rings. The van der Waals surface area contributed by atoms with Crippen LogP contribution in [0, 0.1) is 0 Å². The Morgan fingerprint density at radius 3 is 1.51 bits per heavy atom. The van der Waals surface area contributed by atoms with Crippen molar-refractivity contribution in [1.29, 1.82) is 0 Å². The summed E-state index contributed by atoms with van der Waals surface area (Å²) < 4.78 is 0. The maximum absolute atomic E-state index is 11.5. The minimum Gasteiger partial charge on any atom is -0.507 e. The summed E-state index contributed by atoms with van der Waals surface area (Å²) in [6, 6.07) is 4.16. The summed E-state index contributed by atoms with van der Waals surface area (Å²) in [5.41, 5.74) is 2.38. The van der Waals surface area contributed by atoms with Gasteiger partial charge >= 0.3 is 0 Å². The second-order valence-corrected chi connectivity index (χ2v) is 15.0. The molecule has 1 aromatic carbocycles. The van der Waals surface area contributed by atoms with E-state index in [1.807, 2.05) is 0 Å². The number of nitrogens with zero attached hydrogens (tertiary/aromatic N) is 3. The predicted molar refractivity (Wildman–Crippen MR) is 173 cm³/mol. The first-order chi connectivity index (χ1) is 18.5. The largest absolute Gasteiger partial charge is 0.507 e. The van der Waals surface area contributed by atoms with Crippen LogP contribution in [0.1, 0.15) is 144 Å². The molecule has 39 heavy (non-hydrogen) atoms. The van der Waals surface area contributed by atoms with E-state index < -0.39 is 0 Å². The summed E-state index contributed by atoms with van der Waals surface area (Å²) in [6.07, 6.45) is 15.4. The minimum absolute atomic E-state index is 0.155. The van der Waals surface area contributed by atoms with Gasteiger partial charge in [0.15, 0.2) is 16.1 Å². The number of unbranched alkanes of at least 4 members (excludes halogenated alkanes) is 10. The van der Waals surface area contributed by atoms with Gasteiger partial charge in [-0.1, -0.05) is 155 Å². The van der Waals surface area contributed by atoms with Gasteiger partial charge in [0.1, 0.15) is 5.75 Å². The number of thioether (sulfide) groups is 2. The van der Waals surface area contributed by atoms with Crippen LogP contribution in [-0.4, -0.2) is 31.6 Å². The van der Waals surface area contributed by atoms with Crippen LogP contribution in [0.5, 0.6) is 5.75 Å². The summed E-state index contributed by atoms with van der Waals surface area (Å²) in [5, 5.41) is 13.1. The van der Waals surface area contributed by atoms with E-state index in [-0.39, 0.29) is 10.8 Å². The van der Waals surface area contributed by atoms with E-state index in [0.717, 1.165) is 38.5 Å². The number of aromatic nitrogens is 3. The van der Waals surface area contributed by atoms with Crippen LogP contribution in [0.25, 0.3) is 11.4 Å². The Morgan fingerprint density at radius 1 is 0.615 bits per heavy atom. The second-order valence-electron chi connectivity index (χ2n) is 12.8. The van der Waals surface area contributed by atoms with Crippen LogP contribution in [-0.2, 0) is 10.8 Å². The highest BCUT2D eigenvalue weighted by molar-refractivity contribution is 7.99. The third kappa shape index (κ3) is 11.6. The molecule has 1 heterocycles. The summed E-state index contributed by atoms with van der Waals surface area (Å²) in [6.45, 7) is 17.4. The summed E-state index contributed by atoms with van der Waals surface area (Å²) >= 11 is 3.49. The van der Waals surface area contributed by atoms with Crippen LogP contribution >= 0.6 is 23.5 Å². The highest BCUT2D eigenvalue weighted by atomic mass is 32.2. The molecule has 0 unspecified atom stereocenters. The summed E-state index contributed by atoms with van der Waals surface area (Å²) in [7, 11) is 0. The molecule has 0 aliphatic heterocycles. The standard InChI is InChI=1S/C33H55N3OS2/c1-9-11-13-15-17-19-23-38-30-34-29(35-31(36-30)39-24-20-18-16-14-12-10-2)25-21-22-26(32(3,4)5)28(37)27(25)33(6,7)8/h21-22,37H,9-20,23-24H2,1-8H3. The molecule has 0 bridgehead atoms. The molecule has 0 aliphatic carbocycles. The van der Waals surface area contributed by atoms with Gasteiger partial charge in [-0.2, -0.15) is 4.98 Å². The van der Waals surface area contributed by atoms with Crippen LogP contribution in [0.15, 0.2) is 22.4 Å². The van der Waals surface area contributed by atoms with Crippen molar-refractivity contribution in [1.82, 2.24) is 15.0 Å². The first-order valence-electron chi connectivity index (χ1n) is 15.4. The van der Waals surface area contributed by atoms with Crippen molar-refractivity contribution in [2.75, 3.05) is 11.5 Å². The van der Waals surface area contributed by atoms with Gasteiger partial charge in [-0.25, -0.2) is 9.97 Å². The normalized spacial score (nSPS) is 12.3. The van der Waals surface area contributed by atoms with Gasteiger partial charge < -0.3 is 5.11 Å². The lowest BCUT2D eigenvalue weighted by Gasteiger charge is -2.29. The highest BCUT2D eigenvalue weighted by Gasteiger charge is 2.30. The lowest BCUT2D eigenvalue weighted by molar-refractivity contribution is 0.424. The number of hydrogen-bond acceptors (Lipinski definition) is 6. The summed E-state index contributed by atoms with van der Waals surface area (Å²) in [4.78, 5) is 14.8. The number of hydrogen-bond donors (Lipinski definition) is 1. The molecule has 0 spiro atoms.